The first kappa shape index (κ1) is 7.34. The van der Waals surface area contributed by atoms with E-state index < -0.39 is 0 Å². The Balaban J connectivity index is 1.67. The van der Waals surface area contributed by atoms with Crippen molar-refractivity contribution in [1.82, 2.24) is 4.90 Å². The molecule has 0 atom stereocenters. The predicted molar refractivity (Wildman–Crippen MR) is 48.9 cm³/mol. The van der Waals surface area contributed by atoms with Gasteiger partial charge in [0.2, 0.25) is 0 Å². The van der Waals surface area contributed by atoms with Crippen molar-refractivity contribution < 1.29 is 0 Å². The second kappa shape index (κ2) is 2.24. The summed E-state index contributed by atoms with van der Waals surface area (Å²) in [6, 6.07) is 0.913. The zero-order valence-corrected chi connectivity index (χ0v) is 7.63. The molecule has 0 aromatic rings. The highest BCUT2D eigenvalue weighted by atomic mass is 15.2. The molecule has 4 aliphatic rings. The van der Waals surface area contributed by atoms with E-state index in [4.69, 9.17) is 5.73 Å². The molecular weight excluding hydrogens is 148 g/mol. The van der Waals surface area contributed by atoms with Crippen LogP contribution in [0.4, 0.5) is 0 Å². The number of rotatable bonds is 1. The summed E-state index contributed by atoms with van der Waals surface area (Å²) in [5.74, 6) is 0.948. The topological polar surface area (TPSA) is 29.3 Å². The number of nitrogens with two attached hydrogens (primary N) is 1. The normalized spacial score (nSPS) is 48.2. The molecule has 2 saturated carbocycles. The molecule has 2 aliphatic heterocycles. The maximum Gasteiger partial charge on any atom is 0.0289 e. The minimum atomic E-state index is 0.235. The zero-order valence-electron chi connectivity index (χ0n) is 7.63. The van der Waals surface area contributed by atoms with Crippen LogP contribution in [-0.2, 0) is 0 Å². The van der Waals surface area contributed by atoms with Crippen molar-refractivity contribution in [3.8, 4) is 0 Å². The maximum absolute atomic E-state index is 6.21. The summed E-state index contributed by atoms with van der Waals surface area (Å²) in [6.45, 7) is 2.54. The molecule has 2 saturated heterocycles. The number of hydrogen-bond donors (Lipinski definition) is 1. The van der Waals surface area contributed by atoms with Crippen LogP contribution in [-0.4, -0.2) is 29.6 Å². The van der Waals surface area contributed by atoms with Crippen molar-refractivity contribution in [1.29, 1.82) is 0 Å². The van der Waals surface area contributed by atoms with Crippen molar-refractivity contribution >= 4 is 0 Å². The fourth-order valence-corrected chi connectivity index (χ4v) is 3.18. The summed E-state index contributed by atoms with van der Waals surface area (Å²) in [5, 5.41) is 0. The van der Waals surface area contributed by atoms with Gasteiger partial charge in [0, 0.05) is 24.7 Å². The first-order chi connectivity index (χ1) is 5.75. The second-order valence-corrected chi connectivity index (χ2v) is 5.15. The minimum absolute atomic E-state index is 0.235. The lowest BCUT2D eigenvalue weighted by atomic mass is 9.64. The molecule has 2 aliphatic carbocycles. The smallest absolute Gasteiger partial charge is 0.0289 e. The molecular formula is C10H18N2. The Morgan fingerprint density at radius 1 is 1.25 bits per heavy atom. The fraction of sp³-hybridized carbons (Fsp3) is 1.00. The largest absolute Gasteiger partial charge is 0.324 e. The Morgan fingerprint density at radius 2 is 2.00 bits per heavy atom. The van der Waals surface area contributed by atoms with E-state index in [1.807, 2.05) is 0 Å². The lowest BCUT2D eigenvalue weighted by Gasteiger charge is -2.57. The molecule has 4 fully saturated rings. The number of hydrogen-bond acceptors (Lipinski definition) is 2. The molecule has 2 N–H and O–H groups in total. The van der Waals surface area contributed by atoms with Gasteiger partial charge in [-0.1, -0.05) is 6.42 Å². The molecule has 4 rings (SSSR count). The molecule has 0 aromatic carbocycles. The highest BCUT2D eigenvalue weighted by molar-refractivity contribution is 5.07. The Kier molecular flexibility index (Phi) is 1.37. The first-order valence-electron chi connectivity index (χ1n) is 5.28. The molecule has 12 heavy (non-hydrogen) atoms. The van der Waals surface area contributed by atoms with Gasteiger partial charge in [-0.05, 0) is 31.6 Å². The summed E-state index contributed by atoms with van der Waals surface area (Å²) < 4.78 is 0. The van der Waals surface area contributed by atoms with Crippen molar-refractivity contribution in [2.75, 3.05) is 13.1 Å². The van der Waals surface area contributed by atoms with Gasteiger partial charge in [0.05, 0.1) is 0 Å². The maximum atomic E-state index is 6.21. The standard InChI is InChI=1S/C10H18N2/c11-10-4-8(5-10)6-12(7-10)9-2-1-3-9/h8-9H,1-7,11H2. The summed E-state index contributed by atoms with van der Waals surface area (Å²) in [5.41, 5.74) is 6.44. The third kappa shape index (κ3) is 0.944. The van der Waals surface area contributed by atoms with Gasteiger partial charge in [-0.2, -0.15) is 0 Å². The zero-order chi connectivity index (χ0) is 8.18. The van der Waals surface area contributed by atoms with Crippen LogP contribution in [0.15, 0.2) is 0 Å². The Hall–Kier alpha value is -0.0800. The molecule has 2 nitrogen and oxygen atoms in total. The van der Waals surface area contributed by atoms with Gasteiger partial charge in [-0.15, -0.1) is 0 Å². The van der Waals surface area contributed by atoms with Crippen molar-refractivity contribution in [3.63, 3.8) is 0 Å². The van der Waals surface area contributed by atoms with Crippen LogP contribution in [0.25, 0.3) is 0 Å². The van der Waals surface area contributed by atoms with E-state index in [-0.39, 0.29) is 5.54 Å². The average molecular weight is 166 g/mol. The molecule has 0 unspecified atom stereocenters. The Morgan fingerprint density at radius 3 is 2.50 bits per heavy atom. The van der Waals surface area contributed by atoms with Crippen LogP contribution >= 0.6 is 0 Å². The van der Waals surface area contributed by atoms with Crippen molar-refractivity contribution in [2.45, 2.75) is 43.7 Å². The first-order valence-corrected chi connectivity index (χ1v) is 5.28. The van der Waals surface area contributed by atoms with Gasteiger partial charge >= 0.3 is 0 Å². The van der Waals surface area contributed by atoms with Gasteiger partial charge in [0.1, 0.15) is 0 Å². The lowest BCUT2D eigenvalue weighted by molar-refractivity contribution is -0.0370. The quantitative estimate of drug-likeness (QED) is 0.628. The van der Waals surface area contributed by atoms with Crippen LogP contribution in [0.1, 0.15) is 32.1 Å². The summed E-state index contributed by atoms with van der Waals surface area (Å²) in [6.07, 6.45) is 6.92. The minimum Gasteiger partial charge on any atom is -0.324 e. The van der Waals surface area contributed by atoms with Gasteiger partial charge < -0.3 is 5.73 Å². The summed E-state index contributed by atoms with van der Waals surface area (Å²) in [4.78, 5) is 2.65. The number of fused-ring (bicyclic) bond motifs is 2. The van der Waals surface area contributed by atoms with Gasteiger partial charge in [0.15, 0.2) is 0 Å². The van der Waals surface area contributed by atoms with E-state index in [0.29, 0.717) is 0 Å². The van der Waals surface area contributed by atoms with Crippen molar-refractivity contribution in [3.05, 3.63) is 0 Å². The molecule has 68 valence electrons. The molecule has 0 aromatic heterocycles. The van der Waals surface area contributed by atoms with E-state index >= 15 is 0 Å². The van der Waals surface area contributed by atoms with Crippen LogP contribution in [0.2, 0.25) is 0 Å². The predicted octanol–water partition coefficient (Wildman–Crippen LogP) is 0.962. The average Bonchev–Trinajstić information content (AvgIpc) is 1.78. The molecule has 2 heterocycles. The van der Waals surface area contributed by atoms with Gasteiger partial charge in [-0.3, -0.25) is 4.90 Å². The summed E-state index contributed by atoms with van der Waals surface area (Å²) >= 11 is 0. The third-order valence-corrected chi connectivity index (χ3v) is 3.99. The van der Waals surface area contributed by atoms with E-state index in [0.717, 1.165) is 12.0 Å². The van der Waals surface area contributed by atoms with E-state index in [1.165, 1.54) is 45.2 Å². The third-order valence-electron chi connectivity index (χ3n) is 3.99. The van der Waals surface area contributed by atoms with Crippen LogP contribution in [0.3, 0.4) is 0 Å². The fourth-order valence-electron chi connectivity index (χ4n) is 3.18. The lowest BCUT2D eigenvalue weighted by Crippen LogP contribution is -2.68. The SMILES string of the molecule is NC12CC(CN(C3CCC3)C1)C2. The van der Waals surface area contributed by atoms with Crippen molar-refractivity contribution in [2.24, 2.45) is 11.7 Å². The highest BCUT2D eigenvalue weighted by Gasteiger charge is 2.48. The van der Waals surface area contributed by atoms with E-state index in [9.17, 15) is 0 Å². The van der Waals surface area contributed by atoms with Crippen LogP contribution in [0, 0.1) is 5.92 Å². The van der Waals surface area contributed by atoms with Gasteiger partial charge in [0.25, 0.3) is 0 Å². The van der Waals surface area contributed by atoms with Crippen LogP contribution < -0.4 is 5.73 Å². The molecule has 0 spiro atoms. The number of nitrogens with zero attached hydrogens (tertiary/aromatic N) is 1. The molecule has 2 bridgehead atoms. The second-order valence-electron chi connectivity index (χ2n) is 5.15. The van der Waals surface area contributed by atoms with E-state index in [1.54, 1.807) is 0 Å². The number of piperidine rings is 2. The monoisotopic (exact) mass is 166 g/mol. The molecule has 2 heteroatoms. The Labute approximate surface area is 74.1 Å². The highest BCUT2D eigenvalue weighted by Crippen LogP contribution is 2.43. The summed E-state index contributed by atoms with van der Waals surface area (Å²) in [7, 11) is 0. The molecule has 0 radical (unpaired) electrons. The molecule has 0 amide bonds. The van der Waals surface area contributed by atoms with E-state index in [2.05, 4.69) is 4.90 Å². The van der Waals surface area contributed by atoms with Crippen LogP contribution in [0.5, 0.6) is 0 Å². The Bertz CT molecular complexity index is 192. The van der Waals surface area contributed by atoms with Gasteiger partial charge in [-0.25, -0.2) is 0 Å².